The van der Waals surface area contributed by atoms with Crippen LogP contribution < -0.4 is 0 Å². The van der Waals surface area contributed by atoms with Gasteiger partial charge >= 0.3 is 5.51 Å². The average Bonchev–Trinajstić information content (AvgIpc) is 1.21. The summed E-state index contributed by atoms with van der Waals surface area (Å²) in [6, 6.07) is 0. The zero-order valence-electron chi connectivity index (χ0n) is 4.07. The van der Waals surface area contributed by atoms with E-state index in [0.717, 1.165) is 6.92 Å². The SMILES string of the molecule is CC(O)SC(F)(F)F. The maximum Gasteiger partial charge on any atom is 0.444 e. The van der Waals surface area contributed by atoms with Gasteiger partial charge in [0, 0.05) is 0 Å². The van der Waals surface area contributed by atoms with Crippen molar-refractivity contribution in [1.29, 1.82) is 0 Å². The minimum atomic E-state index is -4.31. The first kappa shape index (κ1) is 8.10. The van der Waals surface area contributed by atoms with Gasteiger partial charge in [0.05, 0.1) is 0 Å². The van der Waals surface area contributed by atoms with Crippen LogP contribution in [0.15, 0.2) is 0 Å². The van der Waals surface area contributed by atoms with Crippen molar-refractivity contribution in [2.45, 2.75) is 17.9 Å². The summed E-state index contributed by atoms with van der Waals surface area (Å²) in [6.45, 7) is 1.07. The first-order chi connectivity index (χ1) is 3.42. The fourth-order valence-corrected chi connectivity index (χ4v) is 0.580. The summed E-state index contributed by atoms with van der Waals surface area (Å²) in [7, 11) is 0. The Morgan fingerprint density at radius 1 is 1.50 bits per heavy atom. The van der Waals surface area contributed by atoms with Crippen LogP contribution in [0.2, 0.25) is 0 Å². The van der Waals surface area contributed by atoms with Crippen molar-refractivity contribution in [2.75, 3.05) is 0 Å². The number of alkyl halides is 3. The molecular formula is C3H5F3OS. The normalized spacial score (nSPS) is 16.1. The van der Waals surface area contributed by atoms with Crippen molar-refractivity contribution in [3.05, 3.63) is 0 Å². The van der Waals surface area contributed by atoms with Crippen molar-refractivity contribution < 1.29 is 18.3 Å². The molecule has 0 saturated heterocycles. The van der Waals surface area contributed by atoms with E-state index in [2.05, 4.69) is 0 Å². The van der Waals surface area contributed by atoms with Crippen molar-refractivity contribution in [3.63, 3.8) is 0 Å². The molecule has 1 unspecified atom stereocenters. The first-order valence-electron chi connectivity index (χ1n) is 1.84. The van der Waals surface area contributed by atoms with Crippen LogP contribution >= 0.6 is 11.8 Å². The number of hydrogen-bond acceptors (Lipinski definition) is 2. The van der Waals surface area contributed by atoms with E-state index in [4.69, 9.17) is 5.11 Å². The first-order valence-corrected chi connectivity index (χ1v) is 2.72. The highest BCUT2D eigenvalue weighted by Crippen LogP contribution is 2.32. The Morgan fingerprint density at radius 2 is 1.88 bits per heavy atom. The fraction of sp³-hybridized carbons (Fsp3) is 1.00. The molecule has 0 amide bonds. The van der Waals surface area contributed by atoms with E-state index in [1.807, 2.05) is 0 Å². The van der Waals surface area contributed by atoms with Crippen LogP contribution in [-0.4, -0.2) is 16.1 Å². The Balaban J connectivity index is 3.39. The molecular weight excluding hydrogens is 141 g/mol. The average molecular weight is 146 g/mol. The predicted molar refractivity (Wildman–Crippen MR) is 25.3 cm³/mol. The summed E-state index contributed by atoms with van der Waals surface area (Å²) in [6.07, 6.45) is 0. The fourth-order valence-electron chi connectivity index (χ4n) is 0.193. The molecule has 8 heavy (non-hydrogen) atoms. The van der Waals surface area contributed by atoms with E-state index < -0.39 is 22.7 Å². The Labute approximate surface area is 48.9 Å². The highest BCUT2D eigenvalue weighted by atomic mass is 32.2. The predicted octanol–water partition coefficient (Wildman–Crippen LogP) is 1.58. The third kappa shape index (κ3) is 6.10. The summed E-state index contributed by atoms with van der Waals surface area (Å²) in [4.78, 5) is 0. The van der Waals surface area contributed by atoms with Gasteiger partial charge in [0.1, 0.15) is 5.44 Å². The molecule has 0 fully saturated rings. The molecule has 0 spiro atoms. The van der Waals surface area contributed by atoms with Crippen LogP contribution in [0.1, 0.15) is 6.92 Å². The van der Waals surface area contributed by atoms with E-state index in [-0.39, 0.29) is 0 Å². The zero-order chi connectivity index (χ0) is 6.78. The Hall–Kier alpha value is 0.100. The standard InChI is InChI=1S/C3H5F3OS/c1-2(7)8-3(4,5)6/h2,7H,1H3. The maximum absolute atomic E-state index is 11.1. The van der Waals surface area contributed by atoms with Crippen molar-refractivity contribution in [1.82, 2.24) is 0 Å². The van der Waals surface area contributed by atoms with Gasteiger partial charge in [-0.2, -0.15) is 13.2 Å². The van der Waals surface area contributed by atoms with Gasteiger partial charge in [-0.25, -0.2) is 0 Å². The lowest BCUT2D eigenvalue weighted by Crippen LogP contribution is -2.06. The summed E-state index contributed by atoms with van der Waals surface area (Å²) in [5.74, 6) is 0. The van der Waals surface area contributed by atoms with Crippen LogP contribution in [-0.2, 0) is 0 Å². The summed E-state index contributed by atoms with van der Waals surface area (Å²) in [5.41, 5.74) is -5.68. The van der Waals surface area contributed by atoms with Crippen molar-refractivity contribution in [2.24, 2.45) is 0 Å². The quantitative estimate of drug-likeness (QED) is 0.567. The van der Waals surface area contributed by atoms with Gasteiger partial charge in [0.15, 0.2) is 0 Å². The molecule has 0 saturated carbocycles. The Bertz CT molecular complexity index is 69.4. The summed E-state index contributed by atoms with van der Waals surface area (Å²) < 4.78 is 33.3. The molecule has 0 aromatic carbocycles. The second kappa shape index (κ2) is 2.59. The van der Waals surface area contributed by atoms with Crippen LogP contribution in [0, 0.1) is 0 Å². The zero-order valence-corrected chi connectivity index (χ0v) is 4.88. The summed E-state index contributed by atoms with van der Waals surface area (Å²) >= 11 is -0.433. The van der Waals surface area contributed by atoms with E-state index in [0.29, 0.717) is 0 Å². The van der Waals surface area contributed by atoms with E-state index in [1.54, 1.807) is 0 Å². The topological polar surface area (TPSA) is 20.2 Å². The second-order valence-electron chi connectivity index (χ2n) is 1.16. The minimum Gasteiger partial charge on any atom is -0.382 e. The summed E-state index contributed by atoms with van der Waals surface area (Å²) in [5, 5.41) is 8.13. The molecule has 0 aliphatic heterocycles. The third-order valence-electron chi connectivity index (χ3n) is 0.304. The number of hydrogen-bond donors (Lipinski definition) is 1. The molecule has 1 nitrogen and oxygen atoms in total. The Morgan fingerprint density at radius 3 is 1.88 bits per heavy atom. The van der Waals surface area contributed by atoms with Gasteiger partial charge in [-0.15, -0.1) is 0 Å². The molecule has 5 heteroatoms. The largest absolute Gasteiger partial charge is 0.444 e. The highest BCUT2D eigenvalue weighted by Gasteiger charge is 2.30. The van der Waals surface area contributed by atoms with Crippen LogP contribution in [0.3, 0.4) is 0 Å². The molecule has 0 heterocycles. The van der Waals surface area contributed by atoms with Gasteiger partial charge < -0.3 is 5.11 Å². The monoisotopic (exact) mass is 146 g/mol. The second-order valence-corrected chi connectivity index (χ2v) is 2.54. The van der Waals surface area contributed by atoms with Crippen molar-refractivity contribution >= 4 is 11.8 Å². The van der Waals surface area contributed by atoms with E-state index in [1.165, 1.54) is 0 Å². The van der Waals surface area contributed by atoms with Gasteiger partial charge in [0.25, 0.3) is 0 Å². The molecule has 0 bridgehead atoms. The smallest absolute Gasteiger partial charge is 0.382 e. The van der Waals surface area contributed by atoms with Gasteiger partial charge in [-0.3, -0.25) is 0 Å². The van der Waals surface area contributed by atoms with Crippen molar-refractivity contribution in [3.8, 4) is 0 Å². The van der Waals surface area contributed by atoms with Gasteiger partial charge in [-0.05, 0) is 18.7 Å². The van der Waals surface area contributed by atoms with E-state index in [9.17, 15) is 13.2 Å². The van der Waals surface area contributed by atoms with Crippen LogP contribution in [0.25, 0.3) is 0 Å². The molecule has 1 atom stereocenters. The number of halogens is 3. The van der Waals surface area contributed by atoms with Gasteiger partial charge in [-0.1, -0.05) is 0 Å². The van der Waals surface area contributed by atoms with Crippen LogP contribution in [0.5, 0.6) is 0 Å². The number of aliphatic hydroxyl groups is 1. The number of rotatable bonds is 1. The molecule has 0 aliphatic rings. The molecule has 0 aromatic rings. The number of thioether (sulfide) groups is 1. The molecule has 0 aromatic heterocycles. The highest BCUT2D eigenvalue weighted by molar-refractivity contribution is 8.00. The molecule has 0 aliphatic carbocycles. The number of aliphatic hydroxyl groups excluding tert-OH is 1. The molecule has 0 radical (unpaired) electrons. The Kier molecular flexibility index (Phi) is 2.62. The minimum absolute atomic E-state index is 0.433. The lowest BCUT2D eigenvalue weighted by molar-refractivity contribution is -0.0350. The molecule has 1 N–H and O–H groups in total. The molecule has 50 valence electrons. The molecule has 0 rings (SSSR count). The van der Waals surface area contributed by atoms with Gasteiger partial charge in [0.2, 0.25) is 0 Å². The van der Waals surface area contributed by atoms with Crippen LogP contribution in [0.4, 0.5) is 13.2 Å². The van der Waals surface area contributed by atoms with E-state index >= 15 is 0 Å². The lowest BCUT2D eigenvalue weighted by atomic mass is 10.9. The maximum atomic E-state index is 11.1. The lowest BCUT2D eigenvalue weighted by Gasteiger charge is -2.05. The third-order valence-corrected chi connectivity index (χ3v) is 0.913.